The summed E-state index contributed by atoms with van der Waals surface area (Å²) in [4.78, 5) is 35.0. The highest BCUT2D eigenvalue weighted by Gasteiger charge is 2.60. The van der Waals surface area contributed by atoms with Crippen LogP contribution in [0.4, 0.5) is 15.8 Å². The first kappa shape index (κ1) is 19.8. The summed E-state index contributed by atoms with van der Waals surface area (Å²) in [5.41, 5.74) is 2.00. The zero-order chi connectivity index (χ0) is 21.5. The Kier molecular flexibility index (Phi) is 5.00. The van der Waals surface area contributed by atoms with Crippen LogP contribution in [0, 0.1) is 11.7 Å². The maximum atomic E-state index is 13.5. The number of amides is 2. The molecular formula is C24H19FN2O3S. The molecule has 0 bridgehead atoms. The number of benzene rings is 3. The molecule has 5 rings (SSSR count). The monoisotopic (exact) mass is 434 g/mol. The molecule has 0 aliphatic carbocycles. The molecule has 3 aromatic rings. The Morgan fingerprint density at radius 2 is 1.52 bits per heavy atom. The van der Waals surface area contributed by atoms with Crippen molar-refractivity contribution in [2.75, 3.05) is 16.2 Å². The molecule has 2 amide bonds. The van der Waals surface area contributed by atoms with E-state index in [4.69, 9.17) is 4.84 Å². The number of hydrogen-bond donors (Lipinski definition) is 0. The highest BCUT2D eigenvalue weighted by molar-refractivity contribution is 7.98. The summed E-state index contributed by atoms with van der Waals surface area (Å²) < 4.78 is 13.4. The van der Waals surface area contributed by atoms with E-state index < -0.39 is 29.8 Å². The minimum absolute atomic E-state index is 0.345. The molecule has 7 heteroatoms. The number of imide groups is 1. The summed E-state index contributed by atoms with van der Waals surface area (Å²) in [6, 6.07) is 22.2. The van der Waals surface area contributed by atoms with Crippen molar-refractivity contribution in [1.82, 2.24) is 0 Å². The van der Waals surface area contributed by atoms with E-state index in [1.807, 2.05) is 60.9 Å². The highest BCUT2D eigenvalue weighted by Crippen LogP contribution is 2.47. The van der Waals surface area contributed by atoms with Gasteiger partial charge in [-0.3, -0.25) is 14.4 Å². The average Bonchev–Trinajstić information content (AvgIpc) is 3.31. The second-order valence-corrected chi connectivity index (χ2v) is 8.30. The number of rotatable bonds is 4. The molecule has 2 saturated heterocycles. The Bertz CT molecular complexity index is 1120. The van der Waals surface area contributed by atoms with Crippen molar-refractivity contribution in [2.24, 2.45) is 5.92 Å². The lowest BCUT2D eigenvalue weighted by molar-refractivity contribution is -0.126. The lowest BCUT2D eigenvalue weighted by atomic mass is 9.90. The lowest BCUT2D eigenvalue weighted by Gasteiger charge is -2.28. The Balaban J connectivity index is 1.57. The molecule has 3 atom stereocenters. The fourth-order valence-electron chi connectivity index (χ4n) is 4.20. The Morgan fingerprint density at radius 3 is 2.16 bits per heavy atom. The van der Waals surface area contributed by atoms with E-state index >= 15 is 0 Å². The molecule has 3 aromatic carbocycles. The zero-order valence-corrected chi connectivity index (χ0v) is 17.5. The standard InChI is InChI=1S/C24H19FN2O3S/c1-31-19-13-7-15(8-14-19)21-20-22(30-27(21)18-5-3-2-4-6-18)24(29)26(23(20)28)17-11-9-16(25)10-12-17/h2-14,20-22H,1H3/t20-,21+,22-/m1/s1. The summed E-state index contributed by atoms with van der Waals surface area (Å²) in [6.45, 7) is 0. The largest absolute Gasteiger partial charge is 0.273 e. The van der Waals surface area contributed by atoms with Crippen LogP contribution < -0.4 is 9.96 Å². The van der Waals surface area contributed by atoms with Crippen molar-refractivity contribution < 1.29 is 18.8 Å². The van der Waals surface area contributed by atoms with Gasteiger partial charge < -0.3 is 0 Å². The predicted molar refractivity (Wildman–Crippen MR) is 117 cm³/mol. The first-order chi connectivity index (χ1) is 15.1. The number of hydroxylamine groups is 1. The van der Waals surface area contributed by atoms with E-state index in [1.165, 1.54) is 24.3 Å². The third-order valence-corrected chi connectivity index (χ3v) is 6.41. The van der Waals surface area contributed by atoms with Crippen molar-refractivity contribution in [2.45, 2.75) is 17.0 Å². The molecule has 156 valence electrons. The van der Waals surface area contributed by atoms with Crippen LogP contribution >= 0.6 is 11.8 Å². The zero-order valence-electron chi connectivity index (χ0n) is 16.6. The molecule has 31 heavy (non-hydrogen) atoms. The topological polar surface area (TPSA) is 49.9 Å². The van der Waals surface area contributed by atoms with Gasteiger partial charge in [0.05, 0.1) is 17.4 Å². The fourth-order valence-corrected chi connectivity index (χ4v) is 4.61. The number of para-hydroxylation sites is 1. The molecule has 0 radical (unpaired) electrons. The number of hydrogen-bond acceptors (Lipinski definition) is 5. The van der Waals surface area contributed by atoms with Crippen molar-refractivity contribution in [3.63, 3.8) is 0 Å². The van der Waals surface area contributed by atoms with Gasteiger partial charge in [0.2, 0.25) is 5.91 Å². The molecule has 0 saturated carbocycles. The van der Waals surface area contributed by atoms with Crippen LogP contribution in [0.25, 0.3) is 0 Å². The summed E-state index contributed by atoms with van der Waals surface area (Å²) in [5, 5.41) is 1.67. The molecule has 2 heterocycles. The fraction of sp³-hybridized carbons (Fsp3) is 0.167. The van der Waals surface area contributed by atoms with Gasteiger partial charge in [-0.1, -0.05) is 30.3 Å². The van der Waals surface area contributed by atoms with Crippen LogP contribution in [0.2, 0.25) is 0 Å². The molecule has 2 aliphatic rings. The van der Waals surface area contributed by atoms with Gasteiger partial charge in [-0.05, 0) is 60.4 Å². The summed E-state index contributed by atoms with van der Waals surface area (Å²) >= 11 is 1.63. The van der Waals surface area contributed by atoms with Crippen LogP contribution in [0.5, 0.6) is 0 Å². The van der Waals surface area contributed by atoms with Crippen LogP contribution in [0.15, 0.2) is 83.8 Å². The SMILES string of the molecule is CSc1ccc([C@H]2[C@H]3C(=O)N(c4ccc(F)cc4)C(=O)[C@@H]3ON2c2ccccc2)cc1. The third-order valence-electron chi connectivity index (χ3n) is 5.67. The number of carbonyl (C=O) groups excluding carboxylic acids is 2. The highest BCUT2D eigenvalue weighted by atomic mass is 32.2. The molecule has 2 fully saturated rings. The number of nitrogens with zero attached hydrogens (tertiary/aromatic N) is 2. The number of fused-ring (bicyclic) bond motifs is 1. The van der Waals surface area contributed by atoms with Crippen LogP contribution in [0.1, 0.15) is 11.6 Å². The van der Waals surface area contributed by atoms with Crippen molar-refractivity contribution in [3.8, 4) is 0 Å². The van der Waals surface area contributed by atoms with E-state index in [-0.39, 0.29) is 5.91 Å². The maximum Gasteiger partial charge on any atom is 0.266 e. The molecule has 2 aliphatic heterocycles. The first-order valence-corrected chi connectivity index (χ1v) is 11.1. The Labute approximate surface area is 183 Å². The molecule has 0 unspecified atom stereocenters. The quantitative estimate of drug-likeness (QED) is 0.444. The van der Waals surface area contributed by atoms with Gasteiger partial charge in [-0.2, -0.15) is 0 Å². The summed E-state index contributed by atoms with van der Waals surface area (Å²) in [7, 11) is 0. The van der Waals surface area contributed by atoms with E-state index in [0.29, 0.717) is 5.69 Å². The van der Waals surface area contributed by atoms with Crippen molar-refractivity contribution in [3.05, 3.63) is 90.2 Å². The molecular weight excluding hydrogens is 415 g/mol. The van der Waals surface area contributed by atoms with Gasteiger partial charge in [-0.25, -0.2) is 14.4 Å². The van der Waals surface area contributed by atoms with Gasteiger partial charge in [0.25, 0.3) is 5.91 Å². The molecule has 0 aromatic heterocycles. The van der Waals surface area contributed by atoms with Gasteiger partial charge in [0, 0.05) is 4.90 Å². The number of thioether (sulfide) groups is 1. The number of halogens is 1. The summed E-state index contributed by atoms with van der Waals surface area (Å²) in [5.74, 6) is -1.93. The van der Waals surface area contributed by atoms with Gasteiger partial charge >= 0.3 is 0 Å². The second kappa shape index (κ2) is 7.83. The summed E-state index contributed by atoms with van der Waals surface area (Å²) in [6.07, 6.45) is 1.06. The normalized spacial score (nSPS) is 22.8. The number of anilines is 2. The van der Waals surface area contributed by atoms with E-state index in [9.17, 15) is 14.0 Å². The van der Waals surface area contributed by atoms with Crippen LogP contribution in [-0.2, 0) is 14.4 Å². The predicted octanol–water partition coefficient (Wildman–Crippen LogP) is 4.60. The van der Waals surface area contributed by atoms with E-state index in [1.54, 1.807) is 16.8 Å². The third kappa shape index (κ3) is 3.30. The Morgan fingerprint density at radius 1 is 0.839 bits per heavy atom. The van der Waals surface area contributed by atoms with E-state index in [2.05, 4.69) is 0 Å². The first-order valence-electron chi connectivity index (χ1n) is 9.87. The smallest absolute Gasteiger partial charge is 0.266 e. The second-order valence-electron chi connectivity index (χ2n) is 7.42. The van der Waals surface area contributed by atoms with Gasteiger partial charge in [0.1, 0.15) is 11.7 Å². The van der Waals surface area contributed by atoms with Crippen molar-refractivity contribution in [1.29, 1.82) is 0 Å². The average molecular weight is 434 g/mol. The minimum Gasteiger partial charge on any atom is -0.273 e. The number of carbonyl (C=O) groups is 2. The van der Waals surface area contributed by atoms with Crippen molar-refractivity contribution >= 4 is 35.0 Å². The maximum absolute atomic E-state index is 13.5. The molecule has 0 N–H and O–H groups in total. The molecule has 5 nitrogen and oxygen atoms in total. The van der Waals surface area contributed by atoms with E-state index in [0.717, 1.165) is 21.0 Å². The Hall–Kier alpha value is -3.16. The minimum atomic E-state index is -0.942. The molecule has 0 spiro atoms. The van der Waals surface area contributed by atoms with Crippen LogP contribution in [0.3, 0.4) is 0 Å². The van der Waals surface area contributed by atoms with Crippen LogP contribution in [-0.4, -0.2) is 24.2 Å². The van der Waals surface area contributed by atoms with Gasteiger partial charge in [-0.15, -0.1) is 11.8 Å². The van der Waals surface area contributed by atoms with Gasteiger partial charge in [0.15, 0.2) is 6.10 Å². The lowest BCUT2D eigenvalue weighted by Crippen LogP contribution is -2.37.